The number of hydrogen-bond donors (Lipinski definition) is 0. The molecular formula is C18H22ClN3O3. The van der Waals surface area contributed by atoms with Gasteiger partial charge in [0.2, 0.25) is 0 Å². The molecule has 0 N–H and O–H groups in total. The fraction of sp³-hybridized carbons (Fsp3) is 0.444. The summed E-state index contributed by atoms with van der Waals surface area (Å²) in [5.74, 6) is 0.703. The Labute approximate surface area is 152 Å². The second-order valence-electron chi connectivity index (χ2n) is 6.02. The Balaban J connectivity index is 1.63. The summed E-state index contributed by atoms with van der Waals surface area (Å²) in [5.41, 5.74) is 1.78. The molecule has 0 aliphatic carbocycles. The minimum Gasteiger partial charge on any atom is -0.450 e. The average molecular weight is 364 g/mol. The van der Waals surface area contributed by atoms with Gasteiger partial charge in [0.1, 0.15) is 5.69 Å². The maximum Gasteiger partial charge on any atom is 0.409 e. The van der Waals surface area contributed by atoms with Crippen molar-refractivity contribution in [1.29, 1.82) is 0 Å². The van der Waals surface area contributed by atoms with Gasteiger partial charge < -0.3 is 14.2 Å². The number of piperazine rings is 1. The minimum absolute atomic E-state index is 0.112. The average Bonchev–Trinajstić information content (AvgIpc) is 3.11. The van der Waals surface area contributed by atoms with Crippen LogP contribution in [0.15, 0.2) is 34.9 Å². The third-order valence-corrected chi connectivity index (χ3v) is 4.69. The molecule has 1 amide bonds. The molecule has 134 valence electrons. The molecule has 0 radical (unpaired) electrons. The fourth-order valence-corrected chi connectivity index (χ4v) is 3.15. The van der Waals surface area contributed by atoms with Crippen LogP contribution in [0.2, 0.25) is 5.02 Å². The summed E-state index contributed by atoms with van der Waals surface area (Å²) in [6.07, 6.45) is -0.237. The van der Waals surface area contributed by atoms with Crippen LogP contribution in [0.1, 0.15) is 25.6 Å². The summed E-state index contributed by atoms with van der Waals surface area (Å²) in [6, 6.07) is 9.58. The quantitative estimate of drug-likeness (QED) is 0.826. The van der Waals surface area contributed by atoms with Crippen molar-refractivity contribution in [3.05, 3.63) is 41.0 Å². The lowest BCUT2D eigenvalue weighted by atomic mass is 10.1. The zero-order chi connectivity index (χ0) is 17.8. The first-order valence-electron chi connectivity index (χ1n) is 8.46. The van der Waals surface area contributed by atoms with Crippen LogP contribution in [0.4, 0.5) is 4.79 Å². The number of ether oxygens (including phenoxy) is 1. The van der Waals surface area contributed by atoms with Gasteiger partial charge >= 0.3 is 6.09 Å². The monoisotopic (exact) mass is 363 g/mol. The summed E-state index contributed by atoms with van der Waals surface area (Å²) in [5, 5.41) is 4.88. The molecule has 1 aliphatic heterocycles. The first kappa shape index (κ1) is 17.8. The lowest BCUT2D eigenvalue weighted by molar-refractivity contribution is 0.0675. The van der Waals surface area contributed by atoms with Gasteiger partial charge in [-0.05, 0) is 26.0 Å². The van der Waals surface area contributed by atoms with Crippen molar-refractivity contribution in [3.8, 4) is 11.3 Å². The van der Waals surface area contributed by atoms with Gasteiger partial charge in [-0.1, -0.05) is 28.9 Å². The third kappa shape index (κ3) is 4.14. The van der Waals surface area contributed by atoms with Crippen molar-refractivity contribution in [3.63, 3.8) is 0 Å². The maximum atomic E-state index is 11.8. The van der Waals surface area contributed by atoms with Crippen LogP contribution in [0.3, 0.4) is 0 Å². The van der Waals surface area contributed by atoms with Crippen molar-refractivity contribution in [2.45, 2.75) is 19.9 Å². The van der Waals surface area contributed by atoms with E-state index in [9.17, 15) is 4.79 Å². The molecule has 6 nitrogen and oxygen atoms in total. The number of rotatable bonds is 4. The first-order chi connectivity index (χ1) is 12.1. The third-order valence-electron chi connectivity index (χ3n) is 4.45. The van der Waals surface area contributed by atoms with E-state index in [0.29, 0.717) is 30.5 Å². The van der Waals surface area contributed by atoms with E-state index in [2.05, 4.69) is 17.0 Å². The number of benzene rings is 1. The van der Waals surface area contributed by atoms with E-state index in [1.165, 1.54) is 0 Å². The molecule has 1 aromatic carbocycles. The van der Waals surface area contributed by atoms with E-state index in [1.54, 1.807) is 4.90 Å². The van der Waals surface area contributed by atoms with Crippen LogP contribution < -0.4 is 0 Å². The summed E-state index contributed by atoms with van der Waals surface area (Å²) in [6.45, 7) is 7.18. The highest BCUT2D eigenvalue weighted by Crippen LogP contribution is 2.28. The number of amides is 1. The molecule has 0 bridgehead atoms. The van der Waals surface area contributed by atoms with Gasteiger partial charge in [-0.3, -0.25) is 4.90 Å². The normalized spacial score (nSPS) is 16.7. The van der Waals surface area contributed by atoms with Gasteiger partial charge in [0.05, 0.1) is 12.6 Å². The van der Waals surface area contributed by atoms with E-state index in [1.807, 2.05) is 37.3 Å². The van der Waals surface area contributed by atoms with E-state index < -0.39 is 0 Å². The van der Waals surface area contributed by atoms with Crippen LogP contribution in [-0.4, -0.2) is 53.8 Å². The predicted octanol–water partition coefficient (Wildman–Crippen LogP) is 3.83. The number of nitrogens with zero attached hydrogens (tertiary/aromatic N) is 3. The first-order valence-corrected chi connectivity index (χ1v) is 8.84. The van der Waals surface area contributed by atoms with E-state index in [0.717, 1.165) is 24.3 Å². The zero-order valence-corrected chi connectivity index (χ0v) is 15.2. The number of carbonyl (C=O) groups excluding carboxylic acids is 1. The Morgan fingerprint density at radius 1 is 1.32 bits per heavy atom. The molecular weight excluding hydrogens is 342 g/mol. The van der Waals surface area contributed by atoms with Gasteiger partial charge in [0.15, 0.2) is 5.76 Å². The highest BCUT2D eigenvalue weighted by Gasteiger charge is 2.27. The van der Waals surface area contributed by atoms with Crippen LogP contribution in [0, 0.1) is 0 Å². The summed E-state index contributed by atoms with van der Waals surface area (Å²) in [4.78, 5) is 15.8. The molecule has 0 spiro atoms. The second kappa shape index (κ2) is 7.89. The van der Waals surface area contributed by atoms with Crippen LogP contribution >= 0.6 is 11.6 Å². The molecule has 1 unspecified atom stereocenters. The van der Waals surface area contributed by atoms with Gasteiger partial charge in [-0.2, -0.15) is 0 Å². The Morgan fingerprint density at radius 2 is 2.08 bits per heavy atom. The van der Waals surface area contributed by atoms with Gasteiger partial charge in [-0.15, -0.1) is 0 Å². The van der Waals surface area contributed by atoms with Crippen molar-refractivity contribution in [2.24, 2.45) is 0 Å². The van der Waals surface area contributed by atoms with Crippen molar-refractivity contribution < 1.29 is 14.1 Å². The molecule has 1 aliphatic rings. The molecule has 1 saturated heterocycles. The Bertz CT molecular complexity index is 726. The minimum atomic E-state index is -0.237. The number of hydrogen-bond acceptors (Lipinski definition) is 5. The predicted molar refractivity (Wildman–Crippen MR) is 95.5 cm³/mol. The standard InChI is InChI=1S/C18H22ClN3O3/c1-3-24-18(23)22-9-7-21(8-10-22)13(2)16-12-17(25-20-16)14-5-4-6-15(19)11-14/h4-6,11-13H,3,7-10H2,1-2H3. The van der Waals surface area contributed by atoms with Crippen LogP contribution in [-0.2, 0) is 4.74 Å². The highest BCUT2D eigenvalue weighted by molar-refractivity contribution is 6.30. The SMILES string of the molecule is CCOC(=O)N1CCN(C(C)c2cc(-c3cccc(Cl)c3)on2)CC1. The lowest BCUT2D eigenvalue weighted by Gasteiger charge is -2.36. The van der Waals surface area contributed by atoms with Crippen molar-refractivity contribution >= 4 is 17.7 Å². The number of aromatic nitrogens is 1. The molecule has 1 aromatic heterocycles. The van der Waals surface area contributed by atoms with Crippen LogP contribution in [0.5, 0.6) is 0 Å². The smallest absolute Gasteiger partial charge is 0.409 e. The fourth-order valence-electron chi connectivity index (χ4n) is 2.96. The molecule has 1 atom stereocenters. The highest BCUT2D eigenvalue weighted by atomic mass is 35.5. The summed E-state index contributed by atoms with van der Waals surface area (Å²) in [7, 11) is 0. The van der Waals surface area contributed by atoms with Gasteiger partial charge in [0.25, 0.3) is 0 Å². The number of halogens is 1. The molecule has 0 saturated carbocycles. The number of carbonyl (C=O) groups is 1. The molecule has 2 heterocycles. The molecule has 25 heavy (non-hydrogen) atoms. The molecule has 3 rings (SSSR count). The molecule has 2 aromatic rings. The van der Waals surface area contributed by atoms with Gasteiger partial charge in [-0.25, -0.2) is 4.79 Å². The van der Waals surface area contributed by atoms with E-state index in [-0.39, 0.29) is 12.1 Å². The van der Waals surface area contributed by atoms with Crippen LogP contribution in [0.25, 0.3) is 11.3 Å². The molecule has 7 heteroatoms. The van der Waals surface area contributed by atoms with Crippen molar-refractivity contribution in [1.82, 2.24) is 15.0 Å². The van der Waals surface area contributed by atoms with Gasteiger partial charge in [0, 0.05) is 42.8 Å². The maximum absolute atomic E-state index is 11.8. The summed E-state index contributed by atoms with van der Waals surface area (Å²) < 4.78 is 10.5. The lowest BCUT2D eigenvalue weighted by Crippen LogP contribution is -2.49. The molecule has 1 fully saturated rings. The second-order valence-corrected chi connectivity index (χ2v) is 6.46. The Morgan fingerprint density at radius 3 is 2.76 bits per heavy atom. The topological polar surface area (TPSA) is 58.8 Å². The Kier molecular flexibility index (Phi) is 5.60. The van der Waals surface area contributed by atoms with E-state index >= 15 is 0 Å². The zero-order valence-electron chi connectivity index (χ0n) is 14.4. The van der Waals surface area contributed by atoms with Crippen molar-refractivity contribution in [2.75, 3.05) is 32.8 Å². The largest absolute Gasteiger partial charge is 0.450 e. The van der Waals surface area contributed by atoms with E-state index in [4.69, 9.17) is 20.9 Å². The summed E-state index contributed by atoms with van der Waals surface area (Å²) >= 11 is 6.03. The Hall–Kier alpha value is -2.05.